The maximum absolute atomic E-state index is 12.6. The summed E-state index contributed by atoms with van der Waals surface area (Å²) >= 11 is 0. The van der Waals surface area contributed by atoms with Crippen molar-refractivity contribution < 1.29 is 8.42 Å². The van der Waals surface area contributed by atoms with E-state index in [9.17, 15) is 8.42 Å². The summed E-state index contributed by atoms with van der Waals surface area (Å²) in [5.41, 5.74) is 2.44. The third-order valence-electron chi connectivity index (χ3n) is 5.28. The van der Waals surface area contributed by atoms with E-state index in [4.69, 9.17) is 4.98 Å². The number of fused-ring (bicyclic) bond motifs is 1. The molecule has 1 heterocycles. The van der Waals surface area contributed by atoms with Crippen molar-refractivity contribution in [1.29, 1.82) is 0 Å². The summed E-state index contributed by atoms with van der Waals surface area (Å²) in [6.07, 6.45) is 5.65. The summed E-state index contributed by atoms with van der Waals surface area (Å²) in [6.45, 7) is 7.56. The number of benzene rings is 2. The zero-order chi connectivity index (χ0) is 20.9. The molecule has 0 aliphatic heterocycles. The molecule has 1 N–H and O–H groups in total. The molecule has 156 valence electrons. The Labute approximate surface area is 174 Å². The molecule has 0 amide bonds. The average Bonchev–Trinajstić information content (AvgIpc) is 3.05. The van der Waals surface area contributed by atoms with Crippen LogP contribution in [0, 0.1) is 5.92 Å². The summed E-state index contributed by atoms with van der Waals surface area (Å²) in [6, 6.07) is 14.1. The van der Waals surface area contributed by atoms with Gasteiger partial charge in [-0.2, -0.15) is 0 Å². The van der Waals surface area contributed by atoms with Gasteiger partial charge in [0.05, 0.1) is 21.6 Å². The summed E-state index contributed by atoms with van der Waals surface area (Å²) in [7, 11) is -3.61. The summed E-state index contributed by atoms with van der Waals surface area (Å²) in [5, 5.41) is 0. The van der Waals surface area contributed by atoms with Crippen LogP contribution in [0.3, 0.4) is 0 Å². The second kappa shape index (κ2) is 9.44. The number of nitrogens with one attached hydrogen (secondary N) is 1. The standard InChI is InChI=1S/C23H31N3O2S/c1-4-10-18(11-5-2)17-26-22-15-14-19(16-21(22)24-23(26)6-3)25-29(27,28)20-12-8-7-9-13-20/h7-9,12-16,18,25H,4-6,10-11,17H2,1-3H3. The predicted octanol–water partition coefficient (Wildman–Crippen LogP) is 5.62. The van der Waals surface area contributed by atoms with Crippen molar-refractivity contribution in [3.8, 4) is 0 Å². The number of imidazole rings is 1. The normalized spacial score (nSPS) is 12.0. The molecule has 0 saturated carbocycles. The molecule has 1 aromatic heterocycles. The molecule has 0 spiro atoms. The average molecular weight is 414 g/mol. The highest BCUT2D eigenvalue weighted by molar-refractivity contribution is 7.92. The van der Waals surface area contributed by atoms with Gasteiger partial charge in [-0.05, 0) is 49.1 Å². The summed E-state index contributed by atoms with van der Waals surface area (Å²) in [5.74, 6) is 1.70. The van der Waals surface area contributed by atoms with Crippen LogP contribution in [0.2, 0.25) is 0 Å². The molecule has 5 nitrogen and oxygen atoms in total. The fourth-order valence-electron chi connectivity index (χ4n) is 3.93. The molecule has 3 aromatic rings. The highest BCUT2D eigenvalue weighted by atomic mass is 32.2. The molecule has 2 aromatic carbocycles. The van der Waals surface area contributed by atoms with E-state index in [1.165, 1.54) is 25.7 Å². The van der Waals surface area contributed by atoms with Gasteiger partial charge in [0.25, 0.3) is 10.0 Å². The van der Waals surface area contributed by atoms with Crippen molar-refractivity contribution in [2.45, 2.75) is 64.3 Å². The third-order valence-corrected chi connectivity index (χ3v) is 6.68. The van der Waals surface area contributed by atoms with Gasteiger partial charge in [-0.3, -0.25) is 4.72 Å². The van der Waals surface area contributed by atoms with Crippen molar-refractivity contribution in [3.63, 3.8) is 0 Å². The van der Waals surface area contributed by atoms with Gasteiger partial charge in [0.15, 0.2) is 0 Å². The van der Waals surface area contributed by atoms with E-state index in [0.717, 1.165) is 29.8 Å². The number of sulfonamides is 1. The van der Waals surface area contributed by atoms with Gasteiger partial charge >= 0.3 is 0 Å². The molecule has 6 heteroatoms. The highest BCUT2D eigenvalue weighted by Gasteiger charge is 2.17. The molecule has 0 aliphatic carbocycles. The van der Waals surface area contributed by atoms with Gasteiger partial charge in [0.2, 0.25) is 0 Å². The number of aryl methyl sites for hydroxylation is 1. The topological polar surface area (TPSA) is 64.0 Å². The molecule has 0 unspecified atom stereocenters. The predicted molar refractivity (Wildman–Crippen MR) is 120 cm³/mol. The lowest BCUT2D eigenvalue weighted by molar-refractivity contribution is 0.381. The lowest BCUT2D eigenvalue weighted by Gasteiger charge is -2.18. The molecule has 0 saturated heterocycles. The van der Waals surface area contributed by atoms with Crippen molar-refractivity contribution in [2.24, 2.45) is 5.92 Å². The number of aromatic nitrogens is 2. The second-order valence-electron chi connectivity index (χ2n) is 7.56. The molecule has 29 heavy (non-hydrogen) atoms. The van der Waals surface area contributed by atoms with Gasteiger partial charge in [-0.1, -0.05) is 51.8 Å². The fourth-order valence-corrected chi connectivity index (χ4v) is 5.00. The first-order valence-corrected chi connectivity index (χ1v) is 12.0. The first-order chi connectivity index (χ1) is 14.0. The summed E-state index contributed by atoms with van der Waals surface area (Å²) in [4.78, 5) is 5.05. The van der Waals surface area contributed by atoms with Crippen molar-refractivity contribution in [3.05, 3.63) is 54.4 Å². The van der Waals surface area contributed by atoms with E-state index in [2.05, 4.69) is 30.1 Å². The van der Waals surface area contributed by atoms with E-state index < -0.39 is 10.0 Å². The summed E-state index contributed by atoms with van der Waals surface area (Å²) < 4.78 is 30.2. The van der Waals surface area contributed by atoms with Crippen molar-refractivity contribution in [2.75, 3.05) is 4.72 Å². The van der Waals surface area contributed by atoms with E-state index in [0.29, 0.717) is 11.6 Å². The fraction of sp³-hybridized carbons (Fsp3) is 0.435. The van der Waals surface area contributed by atoms with Crippen LogP contribution in [0.15, 0.2) is 53.4 Å². The van der Waals surface area contributed by atoms with Crippen LogP contribution in [0.25, 0.3) is 11.0 Å². The second-order valence-corrected chi connectivity index (χ2v) is 9.24. The van der Waals surface area contributed by atoms with Crippen molar-refractivity contribution >= 4 is 26.7 Å². The number of hydrogen-bond donors (Lipinski definition) is 1. The number of rotatable bonds is 10. The van der Waals surface area contributed by atoms with E-state index in [-0.39, 0.29) is 4.90 Å². The minimum atomic E-state index is -3.61. The molecule has 0 aliphatic rings. The maximum Gasteiger partial charge on any atom is 0.261 e. The van der Waals surface area contributed by atoms with Crippen LogP contribution in [-0.4, -0.2) is 18.0 Å². The minimum absolute atomic E-state index is 0.252. The Hall–Kier alpha value is -2.34. The first-order valence-electron chi connectivity index (χ1n) is 10.6. The third kappa shape index (κ3) is 4.99. The Morgan fingerprint density at radius 2 is 1.69 bits per heavy atom. The zero-order valence-corrected chi connectivity index (χ0v) is 18.4. The molecule has 3 rings (SSSR count). The molecule has 0 bridgehead atoms. The van der Waals surface area contributed by atoms with Crippen molar-refractivity contribution in [1.82, 2.24) is 9.55 Å². The van der Waals surface area contributed by atoms with Gasteiger partial charge in [0, 0.05) is 13.0 Å². The minimum Gasteiger partial charge on any atom is -0.328 e. The Balaban J connectivity index is 1.91. The lowest BCUT2D eigenvalue weighted by atomic mass is 9.98. The van der Waals surface area contributed by atoms with Crippen LogP contribution >= 0.6 is 0 Å². The van der Waals surface area contributed by atoms with E-state index in [1.54, 1.807) is 30.3 Å². The highest BCUT2D eigenvalue weighted by Crippen LogP contribution is 2.26. The molecule has 0 radical (unpaired) electrons. The van der Waals surface area contributed by atoms with Crippen LogP contribution in [0.1, 0.15) is 52.3 Å². The molecule has 0 atom stereocenters. The van der Waals surface area contributed by atoms with Crippen LogP contribution in [0.5, 0.6) is 0 Å². The number of nitrogens with zero attached hydrogens (tertiary/aromatic N) is 2. The van der Waals surface area contributed by atoms with Gasteiger partial charge < -0.3 is 4.57 Å². The molecular formula is C23H31N3O2S. The Kier molecular flexibility index (Phi) is 6.96. The van der Waals surface area contributed by atoms with Crippen LogP contribution in [0.4, 0.5) is 5.69 Å². The van der Waals surface area contributed by atoms with E-state index >= 15 is 0 Å². The largest absolute Gasteiger partial charge is 0.328 e. The number of anilines is 1. The van der Waals surface area contributed by atoms with Gasteiger partial charge in [0.1, 0.15) is 5.82 Å². The Morgan fingerprint density at radius 1 is 1.00 bits per heavy atom. The maximum atomic E-state index is 12.6. The van der Waals surface area contributed by atoms with E-state index in [1.807, 2.05) is 18.2 Å². The Bertz CT molecular complexity index is 1040. The quantitative estimate of drug-likeness (QED) is 0.469. The van der Waals surface area contributed by atoms with Crippen LogP contribution in [-0.2, 0) is 23.0 Å². The van der Waals surface area contributed by atoms with Crippen LogP contribution < -0.4 is 4.72 Å². The first kappa shape index (κ1) is 21.4. The zero-order valence-electron chi connectivity index (χ0n) is 17.6. The monoisotopic (exact) mass is 413 g/mol. The van der Waals surface area contributed by atoms with Gasteiger partial charge in [-0.25, -0.2) is 13.4 Å². The number of hydrogen-bond acceptors (Lipinski definition) is 3. The van der Waals surface area contributed by atoms with Gasteiger partial charge in [-0.15, -0.1) is 0 Å². The molecule has 0 fully saturated rings. The Morgan fingerprint density at radius 3 is 2.31 bits per heavy atom. The SMILES string of the molecule is CCCC(CCC)Cn1c(CC)nc2cc(NS(=O)(=O)c3ccccc3)ccc21. The smallest absolute Gasteiger partial charge is 0.261 e. The molecular weight excluding hydrogens is 382 g/mol. The lowest BCUT2D eigenvalue weighted by Crippen LogP contribution is -2.13.